The Morgan fingerprint density at radius 1 is 1.03 bits per heavy atom. The number of hydrogen-bond donors (Lipinski definition) is 1. The first-order valence-electron chi connectivity index (χ1n) is 10.00. The molecule has 0 aliphatic carbocycles. The van der Waals surface area contributed by atoms with Crippen molar-refractivity contribution in [3.63, 3.8) is 0 Å². The third-order valence-electron chi connectivity index (χ3n) is 5.02. The lowest BCUT2D eigenvalue weighted by molar-refractivity contribution is -0.152. The van der Waals surface area contributed by atoms with Crippen LogP contribution in [0, 0.1) is 5.92 Å². The zero-order chi connectivity index (χ0) is 22.2. The van der Waals surface area contributed by atoms with E-state index in [-0.39, 0.29) is 43.0 Å². The van der Waals surface area contributed by atoms with E-state index >= 15 is 0 Å². The van der Waals surface area contributed by atoms with Gasteiger partial charge in [0.15, 0.2) is 12.4 Å². The van der Waals surface area contributed by atoms with Crippen molar-refractivity contribution in [1.29, 1.82) is 0 Å². The Kier molecular flexibility index (Phi) is 8.20. The minimum Gasteiger partial charge on any atom is -0.456 e. The molecule has 31 heavy (non-hydrogen) atoms. The number of ketones is 1. The van der Waals surface area contributed by atoms with Crippen molar-refractivity contribution in [2.45, 2.75) is 25.7 Å². The summed E-state index contributed by atoms with van der Waals surface area (Å²) < 4.78 is 5.53. The fourth-order valence-corrected chi connectivity index (χ4v) is 4.28. The number of hydrogen-bond acceptors (Lipinski definition) is 6. The molecule has 2 aromatic rings. The number of halogens is 1. The van der Waals surface area contributed by atoms with Crippen molar-refractivity contribution in [3.05, 3.63) is 51.7 Å². The molecule has 1 N–H and O–H groups in total. The minimum absolute atomic E-state index is 0.00574. The number of likely N-dealkylation sites (tertiary alicyclic amines) is 1. The second kappa shape index (κ2) is 11.1. The molecule has 2 heterocycles. The maximum atomic E-state index is 12.4. The second-order valence-electron chi connectivity index (χ2n) is 7.20. The molecule has 3 rings (SSSR count). The molecule has 2 amide bonds. The molecule has 1 aromatic heterocycles. The summed E-state index contributed by atoms with van der Waals surface area (Å²) in [6.45, 7) is 0.500. The number of carbonyl (C=O) groups is 4. The summed E-state index contributed by atoms with van der Waals surface area (Å²) in [5, 5.41) is 2.89. The Morgan fingerprint density at radius 3 is 2.39 bits per heavy atom. The van der Waals surface area contributed by atoms with Gasteiger partial charge in [-0.2, -0.15) is 0 Å². The number of para-hydroxylation sites is 1. The molecule has 0 saturated carbocycles. The van der Waals surface area contributed by atoms with Crippen LogP contribution in [0.1, 0.15) is 35.4 Å². The summed E-state index contributed by atoms with van der Waals surface area (Å²) in [5.74, 6) is -1.30. The van der Waals surface area contributed by atoms with Crippen molar-refractivity contribution in [2.75, 3.05) is 25.0 Å². The first-order valence-corrected chi connectivity index (χ1v) is 11.2. The van der Waals surface area contributed by atoms with Crippen LogP contribution in [-0.2, 0) is 19.1 Å². The quantitative estimate of drug-likeness (QED) is 0.476. The fraction of sp³-hybridized carbons (Fsp3) is 0.364. The largest absolute Gasteiger partial charge is 0.456 e. The van der Waals surface area contributed by atoms with E-state index in [2.05, 4.69) is 5.32 Å². The Labute approximate surface area is 189 Å². The third kappa shape index (κ3) is 6.90. The van der Waals surface area contributed by atoms with E-state index in [1.165, 1.54) is 0 Å². The minimum atomic E-state index is -0.596. The van der Waals surface area contributed by atoms with Crippen molar-refractivity contribution < 1.29 is 23.9 Å². The number of ether oxygens (including phenoxy) is 1. The summed E-state index contributed by atoms with van der Waals surface area (Å²) in [6, 6.07) is 12.5. The van der Waals surface area contributed by atoms with Crippen LogP contribution in [0.15, 0.2) is 42.5 Å². The standard InChI is InChI=1S/C22H23ClN2O5S/c23-19-8-7-18(31-19)17(26)6-9-21(28)30-14-20(27)25-12-10-15(11-13-25)22(29)24-16-4-2-1-3-5-16/h1-5,7-8,15H,6,9-14H2,(H,24,29). The summed E-state index contributed by atoms with van der Waals surface area (Å²) in [5.41, 5.74) is 0.749. The Balaban J connectivity index is 1.34. The van der Waals surface area contributed by atoms with Crippen LogP contribution >= 0.6 is 22.9 Å². The van der Waals surface area contributed by atoms with Crippen molar-refractivity contribution >= 4 is 52.2 Å². The van der Waals surface area contributed by atoms with E-state index in [1.54, 1.807) is 17.0 Å². The summed E-state index contributed by atoms with van der Waals surface area (Å²) in [6.07, 6.45) is 1.02. The lowest BCUT2D eigenvalue weighted by Gasteiger charge is -2.31. The highest BCUT2D eigenvalue weighted by Crippen LogP contribution is 2.23. The van der Waals surface area contributed by atoms with E-state index in [0.717, 1.165) is 17.0 Å². The van der Waals surface area contributed by atoms with Crippen LogP contribution in [-0.4, -0.2) is 48.2 Å². The van der Waals surface area contributed by atoms with Gasteiger partial charge in [0.1, 0.15) is 0 Å². The number of amides is 2. The number of anilines is 1. The molecule has 1 aliphatic rings. The molecule has 164 valence electrons. The number of benzene rings is 1. The normalized spacial score (nSPS) is 14.2. The number of rotatable bonds is 8. The van der Waals surface area contributed by atoms with Crippen molar-refractivity contribution in [1.82, 2.24) is 4.90 Å². The van der Waals surface area contributed by atoms with Gasteiger partial charge in [-0.3, -0.25) is 19.2 Å². The van der Waals surface area contributed by atoms with E-state index in [0.29, 0.717) is 35.1 Å². The average Bonchev–Trinajstić information content (AvgIpc) is 3.23. The monoisotopic (exact) mass is 462 g/mol. The van der Waals surface area contributed by atoms with Gasteiger partial charge in [-0.05, 0) is 37.1 Å². The van der Waals surface area contributed by atoms with Crippen LogP contribution in [0.25, 0.3) is 0 Å². The molecular formula is C22H23ClN2O5S. The third-order valence-corrected chi connectivity index (χ3v) is 6.29. The highest BCUT2D eigenvalue weighted by Gasteiger charge is 2.27. The fourth-order valence-electron chi connectivity index (χ4n) is 3.27. The molecule has 7 nitrogen and oxygen atoms in total. The van der Waals surface area contributed by atoms with Gasteiger partial charge in [-0.15, -0.1) is 11.3 Å². The first-order chi connectivity index (χ1) is 14.9. The van der Waals surface area contributed by atoms with Gasteiger partial charge in [-0.1, -0.05) is 29.8 Å². The lowest BCUT2D eigenvalue weighted by Crippen LogP contribution is -2.43. The van der Waals surface area contributed by atoms with Crippen molar-refractivity contribution in [3.8, 4) is 0 Å². The predicted octanol–water partition coefficient (Wildman–Crippen LogP) is 3.78. The van der Waals surface area contributed by atoms with Gasteiger partial charge in [0.2, 0.25) is 5.91 Å². The average molecular weight is 463 g/mol. The zero-order valence-electron chi connectivity index (χ0n) is 16.8. The van der Waals surface area contributed by atoms with Crippen molar-refractivity contribution in [2.24, 2.45) is 5.92 Å². The second-order valence-corrected chi connectivity index (χ2v) is 8.91. The van der Waals surface area contributed by atoms with Gasteiger partial charge >= 0.3 is 5.97 Å². The maximum Gasteiger partial charge on any atom is 0.306 e. The number of esters is 1. The molecule has 0 spiro atoms. The topological polar surface area (TPSA) is 92.8 Å². The predicted molar refractivity (Wildman–Crippen MR) is 118 cm³/mol. The highest BCUT2D eigenvalue weighted by molar-refractivity contribution is 7.18. The van der Waals surface area contributed by atoms with Crippen LogP contribution < -0.4 is 5.32 Å². The molecule has 0 unspecified atom stereocenters. The maximum absolute atomic E-state index is 12.4. The molecule has 1 aliphatic heterocycles. The lowest BCUT2D eigenvalue weighted by atomic mass is 9.95. The van der Waals surface area contributed by atoms with E-state index in [1.807, 2.05) is 30.3 Å². The Morgan fingerprint density at radius 2 is 1.74 bits per heavy atom. The molecular weight excluding hydrogens is 440 g/mol. The summed E-state index contributed by atoms with van der Waals surface area (Å²) >= 11 is 6.96. The summed E-state index contributed by atoms with van der Waals surface area (Å²) in [7, 11) is 0. The number of Topliss-reactive ketones (excluding diaryl/α,β-unsaturated/α-hetero) is 1. The van der Waals surface area contributed by atoms with E-state index < -0.39 is 5.97 Å². The van der Waals surface area contributed by atoms with Gasteiger partial charge in [0, 0.05) is 31.1 Å². The van der Waals surface area contributed by atoms with Gasteiger partial charge in [-0.25, -0.2) is 0 Å². The van der Waals surface area contributed by atoms with E-state index in [4.69, 9.17) is 16.3 Å². The van der Waals surface area contributed by atoms with Gasteiger partial charge < -0.3 is 15.0 Å². The van der Waals surface area contributed by atoms with Gasteiger partial charge in [0.25, 0.3) is 5.91 Å². The van der Waals surface area contributed by atoms with Crippen LogP contribution in [0.2, 0.25) is 4.34 Å². The number of piperidine rings is 1. The highest BCUT2D eigenvalue weighted by atomic mass is 35.5. The molecule has 1 fully saturated rings. The number of carbonyl (C=O) groups excluding carboxylic acids is 4. The molecule has 0 bridgehead atoms. The molecule has 0 atom stereocenters. The first kappa shape index (κ1) is 23.0. The summed E-state index contributed by atoms with van der Waals surface area (Å²) in [4.78, 5) is 50.6. The Hall–Kier alpha value is -2.71. The van der Waals surface area contributed by atoms with Gasteiger partial charge in [0.05, 0.1) is 15.6 Å². The SMILES string of the molecule is O=C(CCC(=O)c1ccc(Cl)s1)OCC(=O)N1CCC(C(=O)Nc2ccccc2)CC1. The van der Waals surface area contributed by atoms with Crippen LogP contribution in [0.3, 0.4) is 0 Å². The smallest absolute Gasteiger partial charge is 0.306 e. The molecule has 1 saturated heterocycles. The van der Waals surface area contributed by atoms with Crippen LogP contribution in [0.4, 0.5) is 5.69 Å². The molecule has 9 heteroatoms. The number of nitrogens with one attached hydrogen (secondary N) is 1. The number of nitrogens with zero attached hydrogens (tertiary/aromatic N) is 1. The van der Waals surface area contributed by atoms with E-state index in [9.17, 15) is 19.2 Å². The molecule has 1 aromatic carbocycles. The van der Waals surface area contributed by atoms with Crippen LogP contribution in [0.5, 0.6) is 0 Å². The number of thiophene rings is 1. The zero-order valence-corrected chi connectivity index (χ0v) is 18.4. The molecule has 0 radical (unpaired) electrons. The Bertz CT molecular complexity index is 938.